The van der Waals surface area contributed by atoms with Crippen LogP contribution in [0.1, 0.15) is 13.8 Å². The van der Waals surface area contributed by atoms with Gasteiger partial charge >= 0.3 is 6.09 Å². The van der Waals surface area contributed by atoms with Gasteiger partial charge in [0.1, 0.15) is 23.8 Å². The van der Waals surface area contributed by atoms with Gasteiger partial charge in [0.25, 0.3) is 0 Å². The molecule has 11 nitrogen and oxygen atoms in total. The quantitative estimate of drug-likeness (QED) is 0.598. The Kier molecular flexibility index (Phi) is 8.10. The highest BCUT2D eigenvalue weighted by atomic mass is 19.1. The lowest BCUT2D eigenvalue weighted by Gasteiger charge is -2.33. The average molecular weight is 494 g/mol. The fraction of sp³-hybridized carbons (Fsp3) is 0.500. The average Bonchev–Trinajstić information content (AvgIpc) is 2.83. The molecule has 190 valence electrons. The Labute approximate surface area is 201 Å². The predicted molar refractivity (Wildman–Crippen MR) is 123 cm³/mol. The van der Waals surface area contributed by atoms with Crippen LogP contribution in [0.5, 0.6) is 5.88 Å². The third-order valence-electron chi connectivity index (χ3n) is 5.31. The molecule has 0 radical (unpaired) electrons. The van der Waals surface area contributed by atoms with Gasteiger partial charge in [-0.2, -0.15) is 4.98 Å². The van der Waals surface area contributed by atoms with E-state index in [0.717, 1.165) is 12.1 Å². The molecule has 2 saturated heterocycles. The van der Waals surface area contributed by atoms with Crippen molar-refractivity contribution in [2.24, 2.45) is 0 Å². The number of aromatic nitrogens is 2. The van der Waals surface area contributed by atoms with E-state index in [0.29, 0.717) is 52.5 Å². The lowest BCUT2D eigenvalue weighted by molar-refractivity contribution is -0.0897. The zero-order valence-electron chi connectivity index (χ0n) is 19.7. The lowest BCUT2D eigenvalue weighted by atomic mass is 10.2. The van der Waals surface area contributed by atoms with Crippen molar-refractivity contribution in [3.63, 3.8) is 0 Å². The third kappa shape index (κ3) is 6.87. The minimum atomic E-state index is -0.646. The summed E-state index contributed by atoms with van der Waals surface area (Å²) in [6.07, 6.45) is 0.726. The summed E-state index contributed by atoms with van der Waals surface area (Å²) in [7, 11) is 0. The number of hydroxylamine groups is 2. The van der Waals surface area contributed by atoms with Crippen LogP contribution in [0.15, 0.2) is 24.5 Å². The van der Waals surface area contributed by atoms with Crippen molar-refractivity contribution in [2.45, 2.75) is 20.0 Å². The van der Waals surface area contributed by atoms with Crippen LogP contribution < -0.4 is 15.6 Å². The fourth-order valence-electron chi connectivity index (χ4n) is 3.54. The molecule has 2 aromatic rings. The molecule has 0 aliphatic carbocycles. The highest BCUT2D eigenvalue weighted by Gasteiger charge is 2.24. The molecule has 2 N–H and O–H groups in total. The van der Waals surface area contributed by atoms with Crippen molar-refractivity contribution in [1.29, 1.82) is 0 Å². The Hall–Kier alpha value is -3.29. The minimum absolute atomic E-state index is 0.0399. The van der Waals surface area contributed by atoms with Crippen molar-refractivity contribution in [3.8, 4) is 5.88 Å². The van der Waals surface area contributed by atoms with Crippen LogP contribution in [0.2, 0.25) is 0 Å². The summed E-state index contributed by atoms with van der Waals surface area (Å²) in [4.78, 5) is 27.5. The molecule has 0 saturated carbocycles. The first-order valence-corrected chi connectivity index (χ1v) is 11.4. The molecule has 0 bridgehead atoms. The summed E-state index contributed by atoms with van der Waals surface area (Å²) in [6.45, 7) is 7.58. The number of benzene rings is 1. The van der Waals surface area contributed by atoms with Gasteiger partial charge in [0.05, 0.1) is 43.8 Å². The van der Waals surface area contributed by atoms with Crippen LogP contribution in [-0.4, -0.2) is 89.6 Å². The summed E-state index contributed by atoms with van der Waals surface area (Å²) in [5, 5.41) is 6.20. The lowest BCUT2D eigenvalue weighted by Crippen LogP contribution is -2.50. The highest BCUT2D eigenvalue weighted by molar-refractivity contribution is 5.68. The molecule has 2 fully saturated rings. The number of morpholine rings is 1. The van der Waals surface area contributed by atoms with Crippen molar-refractivity contribution >= 4 is 23.3 Å². The Balaban J connectivity index is 1.34. The number of nitrogens with zero attached hydrogens (tertiary/aromatic N) is 5. The van der Waals surface area contributed by atoms with Gasteiger partial charge in [0, 0.05) is 44.4 Å². The molecule has 4 rings (SSSR count). The van der Waals surface area contributed by atoms with E-state index in [1.54, 1.807) is 28.8 Å². The molecule has 1 amide bonds. The monoisotopic (exact) mass is 493 g/mol. The van der Waals surface area contributed by atoms with E-state index in [1.165, 1.54) is 12.4 Å². The minimum Gasteiger partial charge on any atom is -0.447 e. The number of rotatable bonds is 7. The number of hydrogen-bond acceptors (Lipinski definition) is 10. The van der Waals surface area contributed by atoms with Gasteiger partial charge in [-0.1, -0.05) is 0 Å². The number of carbonyl (C=O) groups is 1. The molecule has 35 heavy (non-hydrogen) atoms. The summed E-state index contributed by atoms with van der Waals surface area (Å²) in [5.41, 5.74) is 2.85. The highest BCUT2D eigenvalue weighted by Crippen LogP contribution is 2.27. The molecular formula is C22H29F2N7O4. The third-order valence-corrected chi connectivity index (χ3v) is 5.31. The molecule has 0 spiro atoms. The predicted octanol–water partition coefficient (Wildman–Crippen LogP) is 2.61. The summed E-state index contributed by atoms with van der Waals surface area (Å²) >= 11 is 0. The van der Waals surface area contributed by atoms with Gasteiger partial charge in [-0.15, -0.1) is 5.06 Å². The Morgan fingerprint density at radius 1 is 1.00 bits per heavy atom. The number of halogens is 2. The second-order valence-corrected chi connectivity index (χ2v) is 8.33. The van der Waals surface area contributed by atoms with Crippen molar-refractivity contribution < 1.29 is 27.9 Å². The summed E-state index contributed by atoms with van der Waals surface area (Å²) in [5.74, 6) is -0.791. The van der Waals surface area contributed by atoms with Gasteiger partial charge in [-0.3, -0.25) is 0 Å². The zero-order valence-corrected chi connectivity index (χ0v) is 19.7. The van der Waals surface area contributed by atoms with E-state index in [4.69, 9.17) is 14.3 Å². The van der Waals surface area contributed by atoms with E-state index < -0.39 is 11.6 Å². The summed E-state index contributed by atoms with van der Waals surface area (Å²) in [6, 6.07) is 3.64. The van der Waals surface area contributed by atoms with Gasteiger partial charge in [-0.25, -0.2) is 23.6 Å². The van der Waals surface area contributed by atoms with Gasteiger partial charge < -0.3 is 30.0 Å². The number of ether oxygens (including phenoxy) is 2. The van der Waals surface area contributed by atoms with Gasteiger partial charge in [0.2, 0.25) is 5.88 Å². The van der Waals surface area contributed by atoms with Crippen molar-refractivity contribution in [3.05, 3.63) is 36.2 Å². The maximum absolute atomic E-state index is 14.7. The van der Waals surface area contributed by atoms with E-state index in [1.807, 2.05) is 0 Å². The fourth-order valence-corrected chi connectivity index (χ4v) is 3.54. The van der Waals surface area contributed by atoms with Crippen LogP contribution in [-0.2, 0) is 9.47 Å². The number of nitrogens with one attached hydrogen (secondary N) is 2. The first-order valence-electron chi connectivity index (χ1n) is 11.4. The maximum Gasteiger partial charge on any atom is 0.410 e. The van der Waals surface area contributed by atoms with E-state index in [-0.39, 0.29) is 35.3 Å². The van der Waals surface area contributed by atoms with Crippen molar-refractivity contribution in [2.75, 3.05) is 63.2 Å². The first-order chi connectivity index (χ1) is 16.9. The normalized spacial score (nSPS) is 17.3. The molecule has 2 aliphatic heterocycles. The number of piperazine rings is 1. The van der Waals surface area contributed by atoms with Crippen LogP contribution in [0.25, 0.3) is 0 Å². The SMILES string of the molecule is CC(C)OC(=O)N1CCN(Oc2cc(Nc3cc(F)c(NN4CCOCC4)cc3F)ncn2)CC1. The Morgan fingerprint density at radius 2 is 1.69 bits per heavy atom. The molecular weight excluding hydrogens is 464 g/mol. The molecule has 3 heterocycles. The Morgan fingerprint density at radius 3 is 2.40 bits per heavy atom. The standard InChI is InChI=1S/C22H29F2N7O4/c1-15(2)34-22(32)29-3-5-31(6-4-29)35-21-13-20(25-14-26-21)27-18-11-17(24)19(12-16(18)23)28-30-7-9-33-10-8-30/h11-15,28H,3-10H2,1-2H3,(H,25,26,27). The largest absolute Gasteiger partial charge is 0.447 e. The number of carbonyl (C=O) groups excluding carboxylic acids is 1. The molecule has 0 atom stereocenters. The molecule has 13 heteroatoms. The molecule has 1 aromatic heterocycles. The number of amides is 1. The number of hydrogen-bond donors (Lipinski definition) is 2. The van der Waals surface area contributed by atoms with Crippen molar-refractivity contribution in [1.82, 2.24) is 24.9 Å². The van der Waals surface area contributed by atoms with E-state index in [9.17, 15) is 13.6 Å². The first kappa shape index (κ1) is 24.8. The molecule has 1 aromatic carbocycles. The summed E-state index contributed by atoms with van der Waals surface area (Å²) < 4.78 is 39.8. The van der Waals surface area contributed by atoms with Gasteiger partial charge in [-0.05, 0) is 13.8 Å². The van der Waals surface area contributed by atoms with E-state index >= 15 is 0 Å². The van der Waals surface area contributed by atoms with Crippen LogP contribution >= 0.6 is 0 Å². The van der Waals surface area contributed by atoms with Gasteiger partial charge in [0.15, 0.2) is 0 Å². The smallest absolute Gasteiger partial charge is 0.410 e. The molecule has 2 aliphatic rings. The van der Waals surface area contributed by atoms with Crippen LogP contribution in [0.3, 0.4) is 0 Å². The Bertz CT molecular complexity index is 1020. The van der Waals surface area contributed by atoms with Crippen LogP contribution in [0.4, 0.5) is 30.8 Å². The number of hydrazine groups is 1. The second-order valence-electron chi connectivity index (χ2n) is 8.33. The van der Waals surface area contributed by atoms with Crippen LogP contribution in [0, 0.1) is 11.6 Å². The topological polar surface area (TPSA) is 104 Å². The molecule has 0 unspecified atom stereocenters. The number of anilines is 3. The van der Waals surface area contributed by atoms with E-state index in [2.05, 4.69) is 20.7 Å². The zero-order chi connectivity index (χ0) is 24.8. The second kappa shape index (κ2) is 11.4. The maximum atomic E-state index is 14.7.